The zero-order chi connectivity index (χ0) is 21.6. The lowest BCUT2D eigenvalue weighted by Crippen LogP contribution is -2.23. The van der Waals surface area contributed by atoms with E-state index in [9.17, 15) is 9.90 Å². The summed E-state index contributed by atoms with van der Waals surface area (Å²) >= 11 is 0. The van der Waals surface area contributed by atoms with Crippen molar-refractivity contribution in [1.29, 1.82) is 0 Å². The van der Waals surface area contributed by atoms with Crippen LogP contribution >= 0.6 is 0 Å². The second kappa shape index (κ2) is 10.4. The van der Waals surface area contributed by atoms with Gasteiger partial charge in [0.2, 0.25) is 0 Å². The van der Waals surface area contributed by atoms with Crippen LogP contribution in [-0.4, -0.2) is 35.5 Å². The molecule has 2 fully saturated rings. The van der Waals surface area contributed by atoms with Crippen molar-refractivity contribution < 1.29 is 19.4 Å². The Morgan fingerprint density at radius 1 is 1.14 bits per heavy atom. The van der Waals surface area contributed by atoms with Gasteiger partial charge < -0.3 is 14.6 Å². The number of carbonyl (C=O) groups excluding carboxylic acids is 1. The smallest absolute Gasteiger partial charge is 0.306 e. The van der Waals surface area contributed by atoms with E-state index < -0.39 is 12.2 Å². The van der Waals surface area contributed by atoms with Crippen LogP contribution in [0.25, 0.3) is 0 Å². The van der Waals surface area contributed by atoms with E-state index in [1.54, 1.807) is 0 Å². The maximum atomic E-state index is 12.3. The molecule has 2 rings (SSSR count). The van der Waals surface area contributed by atoms with Crippen molar-refractivity contribution in [3.05, 3.63) is 85.1 Å². The number of esters is 1. The maximum Gasteiger partial charge on any atom is 0.306 e. The van der Waals surface area contributed by atoms with Gasteiger partial charge in [-0.15, -0.1) is 0 Å². The third-order valence-electron chi connectivity index (χ3n) is 5.00. The van der Waals surface area contributed by atoms with Gasteiger partial charge in [0, 0.05) is 12.8 Å². The first kappa shape index (κ1) is 22.9. The van der Waals surface area contributed by atoms with Crippen LogP contribution in [0, 0.1) is 0 Å². The molecule has 29 heavy (non-hydrogen) atoms. The Bertz CT molecular complexity index is 768. The van der Waals surface area contributed by atoms with E-state index in [1.807, 2.05) is 31.2 Å². The van der Waals surface area contributed by atoms with Gasteiger partial charge >= 0.3 is 5.97 Å². The molecule has 0 aromatic rings. The summed E-state index contributed by atoms with van der Waals surface area (Å²) in [4.78, 5) is 12.3. The third kappa shape index (κ3) is 7.15. The Labute approximate surface area is 174 Å². The number of epoxide rings is 1. The fourth-order valence-electron chi connectivity index (χ4n) is 3.19. The molecule has 0 radical (unpaired) electrons. The quantitative estimate of drug-likeness (QED) is 0.318. The van der Waals surface area contributed by atoms with Gasteiger partial charge in [-0.25, -0.2) is 0 Å². The van der Waals surface area contributed by atoms with E-state index in [0.717, 1.165) is 22.3 Å². The molecule has 0 spiro atoms. The zero-order valence-corrected chi connectivity index (χ0v) is 17.4. The summed E-state index contributed by atoms with van der Waals surface area (Å²) < 4.78 is 11.3. The first-order valence-corrected chi connectivity index (χ1v) is 9.92. The summed E-state index contributed by atoms with van der Waals surface area (Å²) in [7, 11) is 0. The van der Waals surface area contributed by atoms with Gasteiger partial charge in [-0.05, 0) is 49.0 Å². The van der Waals surface area contributed by atoms with E-state index in [-0.39, 0.29) is 24.6 Å². The van der Waals surface area contributed by atoms with Crippen molar-refractivity contribution in [3.8, 4) is 0 Å². The molecule has 2 heterocycles. The lowest BCUT2D eigenvalue weighted by Gasteiger charge is -2.18. The minimum absolute atomic E-state index is 0.224. The summed E-state index contributed by atoms with van der Waals surface area (Å²) in [5, 5.41) is 10.5. The van der Waals surface area contributed by atoms with E-state index in [1.165, 1.54) is 0 Å². The first-order chi connectivity index (χ1) is 13.7. The molecule has 1 N–H and O–H groups in total. The number of ether oxygens (including phenoxy) is 2. The van der Waals surface area contributed by atoms with Gasteiger partial charge in [-0.3, -0.25) is 4.79 Å². The molecule has 2 saturated heterocycles. The molecular formula is C25H32O4. The molecule has 0 aromatic carbocycles. The average molecular weight is 397 g/mol. The standard InChI is InChI=1S/C25H32O4/c1-16(2)10-8-7-9-11-21-15-20(6)24-25(29-24)23(27)19(5)14-18(4)17(3)12-13-22(26)28-21/h8-11,21,23-25,27H,1,3-7,12-15H2,2H3/b10-8+,11-9+/t21-,23+,24+,25+/m1/s1. The Morgan fingerprint density at radius 2 is 1.86 bits per heavy atom. The lowest BCUT2D eigenvalue weighted by atomic mass is 9.92. The Balaban J connectivity index is 2.11. The molecule has 156 valence electrons. The van der Waals surface area contributed by atoms with Crippen molar-refractivity contribution >= 4 is 5.97 Å². The van der Waals surface area contributed by atoms with Crippen LogP contribution in [0.5, 0.6) is 0 Å². The van der Waals surface area contributed by atoms with Crippen molar-refractivity contribution in [1.82, 2.24) is 0 Å². The minimum Gasteiger partial charge on any atom is -0.458 e. The van der Waals surface area contributed by atoms with Crippen LogP contribution in [0.4, 0.5) is 0 Å². The Hall–Kier alpha value is -2.43. The number of allylic oxidation sites excluding steroid dienone is 6. The van der Waals surface area contributed by atoms with Crippen LogP contribution in [0.1, 0.15) is 39.0 Å². The Morgan fingerprint density at radius 3 is 2.55 bits per heavy atom. The van der Waals surface area contributed by atoms with Gasteiger partial charge in [-0.2, -0.15) is 0 Å². The normalized spacial score (nSPS) is 29.7. The molecule has 0 saturated carbocycles. The number of carbonyl (C=O) groups is 1. The van der Waals surface area contributed by atoms with Gasteiger partial charge in [0.15, 0.2) is 0 Å². The minimum atomic E-state index is -0.784. The highest BCUT2D eigenvalue weighted by molar-refractivity contribution is 5.70. The van der Waals surface area contributed by atoms with Crippen molar-refractivity contribution in [2.24, 2.45) is 0 Å². The largest absolute Gasteiger partial charge is 0.458 e. The molecular weight excluding hydrogens is 364 g/mol. The van der Waals surface area contributed by atoms with Crippen molar-refractivity contribution in [2.75, 3.05) is 0 Å². The summed E-state index contributed by atoms with van der Waals surface area (Å²) in [6.07, 6.45) is 8.19. The highest BCUT2D eigenvalue weighted by Gasteiger charge is 2.47. The van der Waals surface area contributed by atoms with E-state index in [2.05, 4.69) is 32.9 Å². The average Bonchev–Trinajstić information content (AvgIpc) is 3.44. The Kier molecular flexibility index (Phi) is 8.18. The molecule has 4 atom stereocenters. The highest BCUT2D eigenvalue weighted by Crippen LogP contribution is 2.37. The summed E-state index contributed by atoms with van der Waals surface area (Å²) in [6.45, 7) is 21.8. The fraction of sp³-hybridized carbons (Fsp3) is 0.400. The molecule has 4 heteroatoms. The molecule has 2 aliphatic heterocycles. The van der Waals surface area contributed by atoms with Gasteiger partial charge in [0.1, 0.15) is 24.4 Å². The number of rotatable bonds is 4. The fourth-order valence-corrected chi connectivity index (χ4v) is 3.19. The van der Waals surface area contributed by atoms with Crippen molar-refractivity contribution in [2.45, 2.75) is 63.4 Å². The third-order valence-corrected chi connectivity index (χ3v) is 5.00. The number of hydrogen-bond donors (Lipinski definition) is 1. The van der Waals surface area contributed by atoms with Crippen LogP contribution < -0.4 is 0 Å². The molecule has 2 aliphatic rings. The summed E-state index contributed by atoms with van der Waals surface area (Å²) in [6, 6.07) is 0. The second-order valence-corrected chi connectivity index (χ2v) is 7.81. The predicted octanol–water partition coefficient (Wildman–Crippen LogP) is 4.90. The SMILES string of the molecule is C=C(C)/C=C/C/C=C/[C@@H]1CC(=C)[C@@H]2O[C@H]2[C@@H](O)C(=C)CC(=C)C(=C)CCC(=O)O1. The van der Waals surface area contributed by atoms with E-state index in [4.69, 9.17) is 9.47 Å². The van der Waals surface area contributed by atoms with Crippen LogP contribution in [0.2, 0.25) is 0 Å². The van der Waals surface area contributed by atoms with Gasteiger partial charge in [-0.1, -0.05) is 62.3 Å². The molecule has 0 bridgehead atoms. The van der Waals surface area contributed by atoms with Crippen LogP contribution in [0.3, 0.4) is 0 Å². The lowest BCUT2D eigenvalue weighted by molar-refractivity contribution is -0.146. The highest BCUT2D eigenvalue weighted by atomic mass is 16.6. The monoisotopic (exact) mass is 396 g/mol. The van der Waals surface area contributed by atoms with E-state index >= 15 is 0 Å². The number of hydrogen-bond acceptors (Lipinski definition) is 4. The number of aliphatic hydroxyl groups is 1. The number of cyclic esters (lactones) is 1. The summed E-state index contributed by atoms with van der Waals surface area (Å²) in [5.41, 5.74) is 3.94. The van der Waals surface area contributed by atoms with Crippen LogP contribution in [-0.2, 0) is 14.3 Å². The maximum absolute atomic E-state index is 12.3. The zero-order valence-electron chi connectivity index (χ0n) is 17.4. The topological polar surface area (TPSA) is 59.1 Å². The van der Waals surface area contributed by atoms with Gasteiger partial charge in [0.25, 0.3) is 0 Å². The molecule has 0 amide bonds. The number of aliphatic hydroxyl groups excluding tert-OH is 1. The van der Waals surface area contributed by atoms with Crippen molar-refractivity contribution in [3.63, 3.8) is 0 Å². The molecule has 4 nitrogen and oxygen atoms in total. The molecule has 0 unspecified atom stereocenters. The number of fused-ring (bicyclic) bond motifs is 1. The van der Waals surface area contributed by atoms with E-state index in [0.29, 0.717) is 31.3 Å². The van der Waals surface area contributed by atoms with Gasteiger partial charge in [0.05, 0.1) is 0 Å². The summed E-state index contributed by atoms with van der Waals surface area (Å²) in [5.74, 6) is -0.289. The molecule has 0 aromatic heterocycles. The second-order valence-electron chi connectivity index (χ2n) is 7.81. The first-order valence-electron chi connectivity index (χ1n) is 9.92. The predicted molar refractivity (Wildman–Crippen MR) is 117 cm³/mol. The molecule has 0 aliphatic carbocycles. The van der Waals surface area contributed by atoms with Crippen LogP contribution in [0.15, 0.2) is 85.1 Å².